The fourth-order valence-electron chi connectivity index (χ4n) is 1.17. The van der Waals surface area contributed by atoms with Crippen molar-refractivity contribution >= 4 is 5.97 Å². The van der Waals surface area contributed by atoms with Gasteiger partial charge in [-0.25, -0.2) is 0 Å². The molecule has 1 rings (SSSR count). The molecule has 0 fully saturated rings. The highest BCUT2D eigenvalue weighted by molar-refractivity contribution is 5.67. The Balaban J connectivity index is 2.53. The van der Waals surface area contributed by atoms with Crippen LogP contribution in [0.4, 0.5) is 0 Å². The molecule has 0 saturated carbocycles. The van der Waals surface area contributed by atoms with Gasteiger partial charge in [-0.05, 0) is 31.2 Å². The molecule has 1 atom stereocenters. The van der Waals surface area contributed by atoms with Crippen molar-refractivity contribution < 1.29 is 19.4 Å². The first kappa shape index (κ1) is 11.4. The molecule has 1 N–H and O–H groups in total. The molecule has 0 radical (unpaired) electrons. The number of hydrogen-bond acceptors (Lipinski definition) is 3. The van der Waals surface area contributed by atoms with E-state index in [1.165, 1.54) is 0 Å². The smallest absolute Gasteiger partial charge is 0.307 e. The molecule has 1 aromatic rings. The van der Waals surface area contributed by atoms with Crippen LogP contribution in [0.2, 0.25) is 0 Å². The number of carbonyl (C=O) groups is 1. The summed E-state index contributed by atoms with van der Waals surface area (Å²) in [6, 6.07) is 7.03. The summed E-state index contributed by atoms with van der Waals surface area (Å²) in [7, 11) is 1.59. The molecule has 0 amide bonds. The maximum atomic E-state index is 10.4. The molecule has 1 aromatic carbocycles. The number of benzene rings is 1. The topological polar surface area (TPSA) is 55.8 Å². The van der Waals surface area contributed by atoms with Gasteiger partial charge in [-0.15, -0.1) is 0 Å². The van der Waals surface area contributed by atoms with Crippen molar-refractivity contribution in [2.75, 3.05) is 7.11 Å². The summed E-state index contributed by atoms with van der Waals surface area (Å²) in [5.41, 5.74) is 0. The summed E-state index contributed by atoms with van der Waals surface area (Å²) in [4.78, 5) is 10.4. The van der Waals surface area contributed by atoms with Crippen molar-refractivity contribution in [2.24, 2.45) is 0 Å². The van der Waals surface area contributed by atoms with Gasteiger partial charge in [0.1, 0.15) is 17.6 Å². The van der Waals surface area contributed by atoms with Gasteiger partial charge in [0.25, 0.3) is 0 Å². The second-order valence-electron chi connectivity index (χ2n) is 3.20. The third-order valence-corrected chi connectivity index (χ3v) is 1.86. The zero-order chi connectivity index (χ0) is 11.3. The fourth-order valence-corrected chi connectivity index (χ4v) is 1.17. The molecular formula is C11H14O4. The Morgan fingerprint density at radius 3 is 2.33 bits per heavy atom. The minimum absolute atomic E-state index is 0.00791. The van der Waals surface area contributed by atoms with E-state index in [2.05, 4.69) is 0 Å². The average Bonchev–Trinajstić information content (AvgIpc) is 2.17. The molecular weight excluding hydrogens is 196 g/mol. The van der Waals surface area contributed by atoms with Gasteiger partial charge in [0.2, 0.25) is 0 Å². The molecule has 0 spiro atoms. The SMILES string of the molecule is COc1ccc(O[C@@H](C)CC(=O)O)cc1. The molecule has 0 aliphatic heterocycles. The van der Waals surface area contributed by atoms with E-state index in [-0.39, 0.29) is 12.5 Å². The highest BCUT2D eigenvalue weighted by atomic mass is 16.5. The first-order valence-corrected chi connectivity index (χ1v) is 4.64. The van der Waals surface area contributed by atoms with Crippen LogP contribution < -0.4 is 9.47 Å². The van der Waals surface area contributed by atoms with E-state index in [0.717, 1.165) is 5.75 Å². The number of carboxylic acid groups (broad SMARTS) is 1. The van der Waals surface area contributed by atoms with Crippen molar-refractivity contribution in [1.82, 2.24) is 0 Å². The Labute approximate surface area is 88.4 Å². The highest BCUT2D eigenvalue weighted by Gasteiger charge is 2.08. The maximum Gasteiger partial charge on any atom is 0.307 e. The minimum atomic E-state index is -0.865. The van der Waals surface area contributed by atoms with Crippen molar-refractivity contribution in [3.8, 4) is 11.5 Å². The minimum Gasteiger partial charge on any atom is -0.497 e. The predicted octanol–water partition coefficient (Wildman–Crippen LogP) is 1.94. The van der Waals surface area contributed by atoms with E-state index in [0.29, 0.717) is 5.75 Å². The number of aliphatic carboxylic acids is 1. The highest BCUT2D eigenvalue weighted by Crippen LogP contribution is 2.18. The lowest BCUT2D eigenvalue weighted by molar-refractivity contribution is -0.138. The van der Waals surface area contributed by atoms with E-state index in [1.54, 1.807) is 38.3 Å². The molecule has 0 aliphatic carbocycles. The predicted molar refractivity (Wildman–Crippen MR) is 55.3 cm³/mol. The maximum absolute atomic E-state index is 10.4. The molecule has 0 aliphatic rings. The molecule has 15 heavy (non-hydrogen) atoms. The van der Waals surface area contributed by atoms with Crippen LogP contribution in [0.25, 0.3) is 0 Å². The standard InChI is InChI=1S/C11H14O4/c1-8(7-11(12)13)15-10-5-3-9(14-2)4-6-10/h3-6,8H,7H2,1-2H3,(H,12,13)/t8-/m0/s1. The third-order valence-electron chi connectivity index (χ3n) is 1.86. The second kappa shape index (κ2) is 5.24. The molecule has 0 heterocycles. The Kier molecular flexibility index (Phi) is 3.97. The van der Waals surface area contributed by atoms with E-state index >= 15 is 0 Å². The number of ether oxygens (including phenoxy) is 2. The first-order chi connectivity index (χ1) is 7.11. The quantitative estimate of drug-likeness (QED) is 0.806. The molecule has 82 valence electrons. The summed E-state index contributed by atoms with van der Waals surface area (Å²) in [6.45, 7) is 1.72. The molecule has 4 heteroatoms. The van der Waals surface area contributed by atoms with Gasteiger partial charge in [0.05, 0.1) is 13.5 Å². The van der Waals surface area contributed by atoms with Gasteiger partial charge in [0.15, 0.2) is 0 Å². The van der Waals surface area contributed by atoms with Crippen LogP contribution in [0.1, 0.15) is 13.3 Å². The van der Waals surface area contributed by atoms with Gasteiger partial charge in [0, 0.05) is 0 Å². The van der Waals surface area contributed by atoms with E-state index in [1.807, 2.05) is 0 Å². The number of methoxy groups -OCH3 is 1. The van der Waals surface area contributed by atoms with E-state index < -0.39 is 5.97 Å². The number of carboxylic acids is 1. The van der Waals surface area contributed by atoms with Crippen LogP contribution >= 0.6 is 0 Å². The van der Waals surface area contributed by atoms with Gasteiger partial charge in [-0.2, -0.15) is 0 Å². The van der Waals surface area contributed by atoms with Crippen LogP contribution in [0.5, 0.6) is 11.5 Å². The Morgan fingerprint density at radius 2 is 1.87 bits per heavy atom. The van der Waals surface area contributed by atoms with Crippen molar-refractivity contribution in [3.05, 3.63) is 24.3 Å². The molecule has 0 unspecified atom stereocenters. The summed E-state index contributed by atoms with van der Waals surface area (Å²) >= 11 is 0. The third kappa shape index (κ3) is 3.89. The zero-order valence-electron chi connectivity index (χ0n) is 8.77. The molecule has 4 nitrogen and oxygen atoms in total. The van der Waals surface area contributed by atoms with E-state index in [9.17, 15) is 4.79 Å². The van der Waals surface area contributed by atoms with Crippen LogP contribution in [-0.4, -0.2) is 24.3 Å². The Bertz CT molecular complexity index is 318. The number of rotatable bonds is 5. The van der Waals surface area contributed by atoms with Crippen LogP contribution in [0.15, 0.2) is 24.3 Å². The summed E-state index contributed by atoms with van der Waals surface area (Å²) in [6.07, 6.45) is -0.345. The van der Waals surface area contributed by atoms with Crippen LogP contribution in [0, 0.1) is 0 Å². The van der Waals surface area contributed by atoms with Crippen molar-refractivity contribution in [3.63, 3.8) is 0 Å². The zero-order valence-corrected chi connectivity index (χ0v) is 8.77. The molecule has 0 saturated heterocycles. The lowest BCUT2D eigenvalue weighted by Gasteiger charge is -2.12. The van der Waals surface area contributed by atoms with Crippen molar-refractivity contribution in [1.29, 1.82) is 0 Å². The Morgan fingerprint density at radius 1 is 1.33 bits per heavy atom. The van der Waals surface area contributed by atoms with Gasteiger partial charge < -0.3 is 14.6 Å². The normalized spacial score (nSPS) is 11.9. The van der Waals surface area contributed by atoms with Gasteiger partial charge >= 0.3 is 5.97 Å². The van der Waals surface area contributed by atoms with Gasteiger partial charge in [-0.3, -0.25) is 4.79 Å². The summed E-state index contributed by atoms with van der Waals surface area (Å²) in [5.74, 6) is 0.522. The summed E-state index contributed by atoms with van der Waals surface area (Å²) in [5, 5.41) is 8.54. The monoisotopic (exact) mass is 210 g/mol. The van der Waals surface area contributed by atoms with Gasteiger partial charge in [-0.1, -0.05) is 0 Å². The molecule has 0 aromatic heterocycles. The average molecular weight is 210 g/mol. The molecule has 0 bridgehead atoms. The lowest BCUT2D eigenvalue weighted by atomic mass is 10.3. The van der Waals surface area contributed by atoms with Crippen molar-refractivity contribution in [2.45, 2.75) is 19.4 Å². The fraction of sp³-hybridized carbons (Fsp3) is 0.364. The largest absolute Gasteiger partial charge is 0.497 e. The first-order valence-electron chi connectivity index (χ1n) is 4.64. The number of hydrogen-bond donors (Lipinski definition) is 1. The Hall–Kier alpha value is -1.71. The summed E-state index contributed by atoms with van der Waals surface area (Å²) < 4.78 is 10.4. The lowest BCUT2D eigenvalue weighted by Crippen LogP contribution is -2.16. The van der Waals surface area contributed by atoms with Crippen LogP contribution in [0.3, 0.4) is 0 Å². The van der Waals surface area contributed by atoms with E-state index in [4.69, 9.17) is 14.6 Å². The van der Waals surface area contributed by atoms with Crippen LogP contribution in [-0.2, 0) is 4.79 Å². The second-order valence-corrected chi connectivity index (χ2v) is 3.20.